The van der Waals surface area contributed by atoms with Gasteiger partial charge in [-0.1, -0.05) is 53.3 Å². The van der Waals surface area contributed by atoms with Crippen molar-refractivity contribution in [3.8, 4) is 0 Å². The second kappa shape index (κ2) is 10.3. The Hall–Kier alpha value is -2.00. The fourth-order valence-corrected chi connectivity index (χ4v) is 5.82. The van der Waals surface area contributed by atoms with Crippen LogP contribution in [0.4, 0.5) is 0 Å². The second-order valence-corrected chi connectivity index (χ2v) is 10.5. The van der Waals surface area contributed by atoms with Crippen LogP contribution in [0.1, 0.15) is 18.4 Å². The molecule has 9 heteroatoms. The molecule has 2 aromatic carbocycles. The van der Waals surface area contributed by atoms with Gasteiger partial charge in [0.1, 0.15) is 0 Å². The maximum Gasteiger partial charge on any atom is 0.248 e. The number of thiazole rings is 1. The van der Waals surface area contributed by atoms with Gasteiger partial charge >= 0.3 is 0 Å². The normalized spacial score (nSPS) is 12.5. The minimum Gasteiger partial charge on any atom is -0.383 e. The Balaban J connectivity index is 1.69. The summed E-state index contributed by atoms with van der Waals surface area (Å²) in [6.45, 7) is 1.03. The third-order valence-electron chi connectivity index (χ3n) is 4.46. The van der Waals surface area contributed by atoms with E-state index < -0.39 is 9.84 Å². The largest absolute Gasteiger partial charge is 0.383 e. The van der Waals surface area contributed by atoms with Crippen molar-refractivity contribution in [2.45, 2.75) is 25.1 Å². The number of sulfone groups is 1. The average Bonchev–Trinajstić information content (AvgIpc) is 3.02. The van der Waals surface area contributed by atoms with Crippen LogP contribution in [0, 0.1) is 0 Å². The number of aromatic nitrogens is 1. The summed E-state index contributed by atoms with van der Waals surface area (Å²) in [6.07, 6.45) is 0.319. The van der Waals surface area contributed by atoms with Crippen molar-refractivity contribution >= 4 is 48.9 Å². The van der Waals surface area contributed by atoms with Crippen LogP contribution in [0.2, 0.25) is 5.02 Å². The van der Waals surface area contributed by atoms with Crippen molar-refractivity contribution in [3.63, 3.8) is 0 Å². The number of hydrogen-bond donors (Lipinski definition) is 0. The molecule has 1 aromatic heterocycles. The average molecular weight is 467 g/mol. The highest BCUT2D eigenvalue weighted by atomic mass is 35.5. The molecule has 6 nitrogen and oxygen atoms in total. The topological polar surface area (TPSA) is 77.7 Å². The molecule has 0 atom stereocenters. The Morgan fingerprint density at radius 3 is 2.70 bits per heavy atom. The van der Waals surface area contributed by atoms with E-state index in [1.165, 1.54) is 11.3 Å². The van der Waals surface area contributed by atoms with Gasteiger partial charge in [0.25, 0.3) is 0 Å². The molecule has 0 aliphatic heterocycles. The molecule has 0 radical (unpaired) electrons. The summed E-state index contributed by atoms with van der Waals surface area (Å²) >= 11 is 7.45. The van der Waals surface area contributed by atoms with Gasteiger partial charge < -0.3 is 9.30 Å². The Morgan fingerprint density at radius 2 is 1.97 bits per heavy atom. The summed E-state index contributed by atoms with van der Waals surface area (Å²) in [7, 11) is -1.66. The molecule has 0 aliphatic rings. The van der Waals surface area contributed by atoms with Gasteiger partial charge in [-0.25, -0.2) is 8.42 Å². The van der Waals surface area contributed by atoms with Gasteiger partial charge in [-0.15, -0.1) is 0 Å². The summed E-state index contributed by atoms with van der Waals surface area (Å²) in [4.78, 5) is 17.2. The van der Waals surface area contributed by atoms with E-state index >= 15 is 0 Å². The smallest absolute Gasteiger partial charge is 0.248 e. The molecule has 0 saturated carbocycles. The van der Waals surface area contributed by atoms with Crippen LogP contribution in [0.3, 0.4) is 0 Å². The van der Waals surface area contributed by atoms with Crippen LogP contribution in [-0.2, 0) is 31.7 Å². The Bertz CT molecular complexity index is 1180. The van der Waals surface area contributed by atoms with Gasteiger partial charge in [-0.2, -0.15) is 4.99 Å². The highest BCUT2D eigenvalue weighted by molar-refractivity contribution is 7.90. The van der Waals surface area contributed by atoms with Crippen molar-refractivity contribution in [1.29, 1.82) is 0 Å². The first-order valence-electron chi connectivity index (χ1n) is 9.48. The third kappa shape index (κ3) is 6.25. The Labute approximate surface area is 184 Å². The number of hydrogen-bond acceptors (Lipinski definition) is 5. The van der Waals surface area contributed by atoms with Gasteiger partial charge in [-0.3, -0.25) is 4.79 Å². The second-order valence-electron chi connectivity index (χ2n) is 6.83. The van der Waals surface area contributed by atoms with E-state index in [4.69, 9.17) is 16.3 Å². The molecule has 0 aliphatic carbocycles. The van der Waals surface area contributed by atoms with Crippen molar-refractivity contribution < 1.29 is 17.9 Å². The maximum atomic E-state index is 12.4. The number of benzene rings is 2. The number of carbonyl (C=O) groups excluding carboxylic acids is 1. The van der Waals surface area contributed by atoms with E-state index in [9.17, 15) is 13.2 Å². The molecule has 3 aromatic rings. The van der Waals surface area contributed by atoms with Crippen molar-refractivity contribution in [3.05, 3.63) is 63.9 Å². The van der Waals surface area contributed by atoms with Crippen molar-refractivity contribution in [2.24, 2.45) is 4.99 Å². The third-order valence-corrected chi connectivity index (χ3v) is 7.42. The zero-order valence-corrected chi connectivity index (χ0v) is 19.0. The van der Waals surface area contributed by atoms with E-state index in [0.717, 1.165) is 15.8 Å². The van der Waals surface area contributed by atoms with Crippen LogP contribution in [-0.4, -0.2) is 38.4 Å². The molecule has 0 saturated heterocycles. The monoisotopic (exact) mass is 466 g/mol. The molecule has 0 unspecified atom stereocenters. The van der Waals surface area contributed by atoms with Crippen LogP contribution in [0.5, 0.6) is 0 Å². The van der Waals surface area contributed by atoms with Gasteiger partial charge in [0.05, 0.1) is 28.3 Å². The van der Waals surface area contributed by atoms with E-state index in [2.05, 4.69) is 4.99 Å². The van der Waals surface area contributed by atoms with Crippen molar-refractivity contribution in [2.75, 3.05) is 19.5 Å². The summed E-state index contributed by atoms with van der Waals surface area (Å²) in [5.74, 6) is -0.406. The number of fused-ring (bicyclic) bond motifs is 1. The summed E-state index contributed by atoms with van der Waals surface area (Å²) in [6, 6.07) is 14.6. The van der Waals surface area contributed by atoms with E-state index in [0.29, 0.717) is 23.0 Å². The van der Waals surface area contributed by atoms with Crippen LogP contribution < -0.4 is 4.80 Å². The molecule has 0 N–H and O–H groups in total. The lowest BCUT2D eigenvalue weighted by Gasteiger charge is -2.05. The number of methoxy groups -OCH3 is 1. The van der Waals surface area contributed by atoms with Gasteiger partial charge in [0.15, 0.2) is 14.6 Å². The molecule has 1 heterocycles. The van der Waals surface area contributed by atoms with E-state index in [1.54, 1.807) is 25.3 Å². The quantitative estimate of drug-likeness (QED) is 0.480. The summed E-state index contributed by atoms with van der Waals surface area (Å²) < 4.78 is 32.6. The first-order chi connectivity index (χ1) is 14.4. The zero-order chi connectivity index (χ0) is 21.6. The lowest BCUT2D eigenvalue weighted by atomic mass is 10.2. The van der Waals surface area contributed by atoms with E-state index in [-0.39, 0.29) is 30.3 Å². The molecule has 0 fully saturated rings. The van der Waals surface area contributed by atoms with Gasteiger partial charge in [-0.05, 0) is 30.2 Å². The maximum absolute atomic E-state index is 12.4. The van der Waals surface area contributed by atoms with Crippen LogP contribution >= 0.6 is 22.9 Å². The predicted octanol–water partition coefficient (Wildman–Crippen LogP) is 3.83. The first-order valence-corrected chi connectivity index (χ1v) is 12.5. The molecular weight excluding hydrogens is 444 g/mol. The Kier molecular flexibility index (Phi) is 7.82. The molecular formula is C21H23ClN2O4S2. The molecule has 0 bridgehead atoms. The summed E-state index contributed by atoms with van der Waals surface area (Å²) in [5, 5.41) is 0.615. The lowest BCUT2D eigenvalue weighted by Crippen LogP contribution is -2.19. The molecule has 30 heavy (non-hydrogen) atoms. The number of rotatable bonds is 9. The fraction of sp³-hybridized carbons (Fsp3) is 0.333. The summed E-state index contributed by atoms with van der Waals surface area (Å²) in [5.41, 5.74) is 1.68. The molecule has 160 valence electrons. The minimum atomic E-state index is -3.28. The lowest BCUT2D eigenvalue weighted by molar-refractivity contribution is -0.118. The number of amides is 1. The zero-order valence-electron chi connectivity index (χ0n) is 16.6. The number of halogens is 1. The molecule has 0 spiro atoms. The Morgan fingerprint density at radius 1 is 1.20 bits per heavy atom. The molecule has 3 rings (SSSR count). The van der Waals surface area contributed by atoms with Crippen LogP contribution in [0.15, 0.2) is 53.5 Å². The van der Waals surface area contributed by atoms with Gasteiger partial charge in [0.2, 0.25) is 5.91 Å². The van der Waals surface area contributed by atoms with Gasteiger partial charge in [0, 0.05) is 25.1 Å². The highest BCUT2D eigenvalue weighted by Gasteiger charge is 2.13. The van der Waals surface area contributed by atoms with Crippen LogP contribution in [0.25, 0.3) is 10.2 Å². The minimum absolute atomic E-state index is 0.0206. The number of carbonyl (C=O) groups is 1. The highest BCUT2D eigenvalue weighted by Crippen LogP contribution is 2.22. The van der Waals surface area contributed by atoms with Crippen molar-refractivity contribution in [1.82, 2.24) is 4.57 Å². The van der Waals surface area contributed by atoms with E-state index in [1.807, 2.05) is 34.9 Å². The first kappa shape index (κ1) is 22.7. The molecule has 1 amide bonds. The fourth-order valence-electron chi connectivity index (χ4n) is 3.04. The predicted molar refractivity (Wildman–Crippen MR) is 120 cm³/mol. The number of ether oxygens (including phenoxy) is 1. The standard InChI is InChI=1S/C21H23ClN2O4S2/c1-28-12-11-24-18-10-9-17(22)14-19(18)29-21(24)23-20(25)8-5-13-30(26,27)15-16-6-3-2-4-7-16/h2-4,6-7,9-10,14H,5,8,11-13,15H2,1H3. The number of nitrogens with zero attached hydrogens (tertiary/aromatic N) is 2. The SMILES string of the molecule is COCCn1c(=NC(=O)CCCS(=O)(=O)Cc2ccccc2)sc2cc(Cl)ccc21.